The molecule has 0 aliphatic carbocycles. The second-order valence-electron chi connectivity index (χ2n) is 4.89. The van der Waals surface area contributed by atoms with E-state index in [4.69, 9.17) is 17.4 Å². The Balaban J connectivity index is 2.09. The molecule has 3 N–H and O–H groups in total. The third-order valence-electron chi connectivity index (χ3n) is 3.49. The average molecular weight is 307 g/mol. The summed E-state index contributed by atoms with van der Waals surface area (Å²) in [6, 6.07) is 4.33. The van der Waals surface area contributed by atoms with Gasteiger partial charge in [0.1, 0.15) is 5.82 Å². The Morgan fingerprint density at radius 1 is 1.53 bits per heavy atom. The lowest BCUT2D eigenvalue weighted by molar-refractivity contribution is 0.385. The molecule has 0 saturated carbocycles. The lowest BCUT2D eigenvalue weighted by Gasteiger charge is -2.21. The molecule has 1 aromatic rings. The number of sulfone groups is 1. The fourth-order valence-electron chi connectivity index (χ4n) is 2.42. The van der Waals surface area contributed by atoms with E-state index in [0.717, 1.165) is 5.56 Å². The van der Waals surface area contributed by atoms with E-state index < -0.39 is 15.7 Å². The molecule has 1 heterocycles. The van der Waals surface area contributed by atoms with Gasteiger partial charge in [-0.2, -0.15) is 0 Å². The lowest BCUT2D eigenvalue weighted by atomic mass is 9.93. The molecule has 0 radical (unpaired) electrons. The highest BCUT2D eigenvalue weighted by Crippen LogP contribution is 2.25. The van der Waals surface area contributed by atoms with Gasteiger partial charge >= 0.3 is 0 Å². The van der Waals surface area contributed by atoms with Crippen LogP contribution in [0.25, 0.3) is 0 Å². The Labute approximate surface area is 117 Å². The van der Waals surface area contributed by atoms with Gasteiger partial charge in [0, 0.05) is 6.04 Å². The monoisotopic (exact) mass is 306 g/mol. The Morgan fingerprint density at radius 3 is 2.79 bits per heavy atom. The Morgan fingerprint density at radius 2 is 2.26 bits per heavy atom. The fraction of sp³-hybridized carbons (Fsp3) is 0.500. The smallest absolute Gasteiger partial charge is 0.150 e. The number of nitrogens with two attached hydrogens (primary N) is 1. The highest BCUT2D eigenvalue weighted by molar-refractivity contribution is 7.91. The van der Waals surface area contributed by atoms with E-state index in [9.17, 15) is 12.8 Å². The summed E-state index contributed by atoms with van der Waals surface area (Å²) in [4.78, 5) is 0. The molecule has 0 spiro atoms. The average Bonchev–Trinajstić information content (AvgIpc) is 2.71. The van der Waals surface area contributed by atoms with Gasteiger partial charge < -0.3 is 0 Å². The maximum atomic E-state index is 13.1. The molecule has 1 aliphatic heterocycles. The molecule has 1 fully saturated rings. The summed E-state index contributed by atoms with van der Waals surface area (Å²) in [5.74, 6) is 5.38. The fourth-order valence-corrected chi connectivity index (χ4v) is 4.51. The maximum Gasteiger partial charge on any atom is 0.150 e. The standard InChI is InChI=1S/C12H16ClFN2O2S/c13-10-5-8(1-2-11(10)14)6-12(16-15)9-3-4-19(17,18)7-9/h1-2,5,9,12,16H,3-4,6-7,15H2. The Bertz CT molecular complexity index is 565. The molecular weight excluding hydrogens is 291 g/mol. The minimum absolute atomic E-state index is 0.0150. The Hall–Kier alpha value is -0.690. The molecule has 7 heteroatoms. The minimum atomic E-state index is -2.94. The van der Waals surface area contributed by atoms with Gasteiger partial charge in [-0.1, -0.05) is 17.7 Å². The summed E-state index contributed by atoms with van der Waals surface area (Å²) in [5, 5.41) is 0.0623. The van der Waals surface area contributed by atoms with Crippen molar-refractivity contribution in [3.8, 4) is 0 Å². The van der Waals surface area contributed by atoms with Gasteiger partial charge in [-0.15, -0.1) is 0 Å². The predicted octanol–water partition coefficient (Wildman–Crippen LogP) is 1.29. The third-order valence-corrected chi connectivity index (χ3v) is 5.57. The van der Waals surface area contributed by atoms with Gasteiger partial charge in [-0.3, -0.25) is 11.3 Å². The quantitative estimate of drug-likeness (QED) is 0.649. The van der Waals surface area contributed by atoms with Crippen LogP contribution in [0.3, 0.4) is 0 Å². The molecule has 1 aliphatic rings. The van der Waals surface area contributed by atoms with Crippen molar-refractivity contribution in [1.82, 2.24) is 5.43 Å². The molecule has 0 aromatic heterocycles. The van der Waals surface area contributed by atoms with Crippen molar-refractivity contribution in [2.75, 3.05) is 11.5 Å². The molecule has 0 bridgehead atoms. The first-order chi connectivity index (χ1) is 8.91. The summed E-state index contributed by atoms with van der Waals surface area (Å²) >= 11 is 5.72. The van der Waals surface area contributed by atoms with Crippen LogP contribution in [-0.2, 0) is 16.3 Å². The van der Waals surface area contributed by atoms with Crippen LogP contribution in [0.15, 0.2) is 18.2 Å². The van der Waals surface area contributed by atoms with Crippen LogP contribution in [0, 0.1) is 11.7 Å². The van der Waals surface area contributed by atoms with E-state index in [-0.39, 0.29) is 28.5 Å². The molecule has 2 rings (SSSR count). The number of rotatable bonds is 4. The van der Waals surface area contributed by atoms with E-state index in [1.54, 1.807) is 12.1 Å². The number of hydrogen-bond donors (Lipinski definition) is 2. The van der Waals surface area contributed by atoms with Crippen LogP contribution in [0.4, 0.5) is 4.39 Å². The van der Waals surface area contributed by atoms with Gasteiger partial charge in [-0.05, 0) is 36.5 Å². The number of nitrogens with one attached hydrogen (secondary N) is 1. The number of benzene rings is 1. The zero-order chi connectivity index (χ0) is 14.0. The van der Waals surface area contributed by atoms with Gasteiger partial charge in [0.15, 0.2) is 9.84 Å². The summed E-state index contributed by atoms with van der Waals surface area (Å²) in [6.45, 7) is 0. The largest absolute Gasteiger partial charge is 0.271 e. The minimum Gasteiger partial charge on any atom is -0.271 e. The predicted molar refractivity (Wildman–Crippen MR) is 73.0 cm³/mol. The molecule has 19 heavy (non-hydrogen) atoms. The van der Waals surface area contributed by atoms with Crippen LogP contribution >= 0.6 is 11.6 Å². The van der Waals surface area contributed by atoms with Crippen molar-refractivity contribution in [2.24, 2.45) is 11.8 Å². The zero-order valence-corrected chi connectivity index (χ0v) is 11.8. The van der Waals surface area contributed by atoms with Crippen molar-refractivity contribution in [1.29, 1.82) is 0 Å². The molecule has 106 valence electrons. The van der Waals surface area contributed by atoms with E-state index in [1.165, 1.54) is 6.07 Å². The second kappa shape index (κ2) is 5.75. The van der Waals surface area contributed by atoms with Crippen LogP contribution in [0.5, 0.6) is 0 Å². The van der Waals surface area contributed by atoms with Crippen LogP contribution in [0.2, 0.25) is 5.02 Å². The lowest BCUT2D eigenvalue weighted by Crippen LogP contribution is -2.43. The first-order valence-corrected chi connectivity index (χ1v) is 8.21. The van der Waals surface area contributed by atoms with E-state index in [2.05, 4.69) is 5.43 Å². The highest BCUT2D eigenvalue weighted by Gasteiger charge is 2.33. The number of hydrazine groups is 1. The number of hydrogen-bond acceptors (Lipinski definition) is 4. The molecular formula is C12H16ClFN2O2S. The molecule has 1 saturated heterocycles. The maximum absolute atomic E-state index is 13.1. The number of halogens is 2. The summed E-state index contributed by atoms with van der Waals surface area (Å²) in [7, 11) is -2.94. The van der Waals surface area contributed by atoms with Gasteiger partial charge in [0.25, 0.3) is 0 Å². The second-order valence-corrected chi connectivity index (χ2v) is 7.52. The topological polar surface area (TPSA) is 72.2 Å². The molecule has 0 amide bonds. The molecule has 2 unspecified atom stereocenters. The molecule has 1 aromatic carbocycles. The van der Waals surface area contributed by atoms with Crippen LogP contribution < -0.4 is 11.3 Å². The van der Waals surface area contributed by atoms with Gasteiger partial charge in [0.05, 0.1) is 16.5 Å². The summed E-state index contributed by atoms with van der Waals surface area (Å²) < 4.78 is 36.0. The van der Waals surface area contributed by atoms with Crippen molar-refractivity contribution >= 4 is 21.4 Å². The molecule has 4 nitrogen and oxygen atoms in total. The van der Waals surface area contributed by atoms with Crippen molar-refractivity contribution in [2.45, 2.75) is 18.9 Å². The third kappa shape index (κ3) is 3.66. The summed E-state index contributed by atoms with van der Waals surface area (Å²) in [5.41, 5.74) is 3.50. The summed E-state index contributed by atoms with van der Waals surface area (Å²) in [6.07, 6.45) is 1.13. The van der Waals surface area contributed by atoms with Crippen molar-refractivity contribution < 1.29 is 12.8 Å². The van der Waals surface area contributed by atoms with E-state index in [0.29, 0.717) is 12.8 Å². The van der Waals surface area contributed by atoms with E-state index in [1.807, 2.05) is 0 Å². The normalized spacial score (nSPS) is 23.4. The van der Waals surface area contributed by atoms with Gasteiger partial charge in [-0.25, -0.2) is 12.8 Å². The van der Waals surface area contributed by atoms with E-state index >= 15 is 0 Å². The SMILES string of the molecule is NNC(Cc1ccc(F)c(Cl)c1)C1CCS(=O)(=O)C1. The Kier molecular flexibility index (Phi) is 4.45. The zero-order valence-electron chi connectivity index (χ0n) is 10.3. The first kappa shape index (κ1) is 14.7. The molecule has 2 atom stereocenters. The first-order valence-electron chi connectivity index (χ1n) is 6.02. The van der Waals surface area contributed by atoms with Crippen molar-refractivity contribution in [3.05, 3.63) is 34.6 Å². The van der Waals surface area contributed by atoms with Gasteiger partial charge in [0.2, 0.25) is 0 Å². The van der Waals surface area contributed by atoms with Crippen molar-refractivity contribution in [3.63, 3.8) is 0 Å². The van der Waals surface area contributed by atoms with Crippen LogP contribution in [0.1, 0.15) is 12.0 Å². The van der Waals surface area contributed by atoms with Crippen LogP contribution in [-0.4, -0.2) is 26.0 Å². The highest BCUT2D eigenvalue weighted by atomic mass is 35.5.